The molecule has 0 radical (unpaired) electrons. The lowest BCUT2D eigenvalue weighted by Crippen LogP contribution is -2.28. The molecular weight excluding hydrogens is 250 g/mol. The smallest absolute Gasteiger partial charge is 0.305 e. The number of hydrogen-bond donors (Lipinski definition) is 1. The number of nitrogens with zero attached hydrogens (tertiary/aromatic N) is 1. The van der Waals surface area contributed by atoms with Crippen LogP contribution in [0.2, 0.25) is 5.02 Å². The molecule has 0 bridgehead atoms. The molecule has 1 aromatic carbocycles. The largest absolute Gasteiger partial charge is 0.481 e. The Bertz CT molecular complexity index is 393. The molecule has 4 heteroatoms. The van der Waals surface area contributed by atoms with Crippen molar-refractivity contribution in [2.75, 3.05) is 18.0 Å². The third-order valence-electron chi connectivity index (χ3n) is 2.77. The van der Waals surface area contributed by atoms with Crippen molar-refractivity contribution in [3.05, 3.63) is 29.3 Å². The molecule has 3 nitrogen and oxygen atoms in total. The Morgan fingerprint density at radius 3 is 2.56 bits per heavy atom. The van der Waals surface area contributed by atoms with Gasteiger partial charge in [0.2, 0.25) is 0 Å². The minimum atomic E-state index is -0.781. The first-order valence-corrected chi connectivity index (χ1v) is 6.59. The van der Waals surface area contributed by atoms with Gasteiger partial charge in [-0.2, -0.15) is 0 Å². The molecule has 0 aliphatic carbocycles. The quantitative estimate of drug-likeness (QED) is 0.821. The van der Waals surface area contributed by atoms with E-state index in [2.05, 4.69) is 18.7 Å². The molecule has 0 spiro atoms. The van der Waals surface area contributed by atoms with Gasteiger partial charge in [0.25, 0.3) is 0 Å². The van der Waals surface area contributed by atoms with E-state index in [1.54, 1.807) is 0 Å². The van der Waals surface area contributed by atoms with Crippen molar-refractivity contribution in [1.82, 2.24) is 0 Å². The van der Waals surface area contributed by atoms with Gasteiger partial charge in [-0.3, -0.25) is 4.79 Å². The van der Waals surface area contributed by atoms with E-state index in [1.165, 1.54) is 0 Å². The maximum Gasteiger partial charge on any atom is 0.305 e. The fourth-order valence-electron chi connectivity index (χ4n) is 1.71. The Morgan fingerprint density at radius 2 is 2.00 bits per heavy atom. The summed E-state index contributed by atoms with van der Waals surface area (Å²) in [5, 5.41) is 9.47. The monoisotopic (exact) mass is 269 g/mol. The average molecular weight is 270 g/mol. The molecule has 0 aliphatic heterocycles. The van der Waals surface area contributed by atoms with Gasteiger partial charge in [-0.25, -0.2) is 0 Å². The van der Waals surface area contributed by atoms with Crippen LogP contribution in [0.1, 0.15) is 26.7 Å². The van der Waals surface area contributed by atoms with Crippen LogP contribution in [0.5, 0.6) is 0 Å². The van der Waals surface area contributed by atoms with Crippen molar-refractivity contribution in [2.24, 2.45) is 5.92 Å². The molecule has 18 heavy (non-hydrogen) atoms. The van der Waals surface area contributed by atoms with Crippen LogP contribution in [0.15, 0.2) is 24.3 Å². The molecule has 0 atom stereocenters. The van der Waals surface area contributed by atoms with E-state index in [0.717, 1.165) is 18.7 Å². The third kappa shape index (κ3) is 4.96. The molecule has 0 heterocycles. The van der Waals surface area contributed by atoms with Crippen LogP contribution in [-0.2, 0) is 4.79 Å². The van der Waals surface area contributed by atoms with Gasteiger partial charge in [0.05, 0.1) is 17.1 Å². The van der Waals surface area contributed by atoms with E-state index in [4.69, 9.17) is 16.7 Å². The number of anilines is 1. The van der Waals surface area contributed by atoms with Crippen molar-refractivity contribution < 1.29 is 9.90 Å². The standard InChI is InChI=1S/C14H20ClNO2/c1-11(2)7-9-16(10-8-14(17)18)13-6-4-3-5-12(13)15/h3-6,11H,7-10H2,1-2H3,(H,17,18). The van der Waals surface area contributed by atoms with Gasteiger partial charge in [-0.1, -0.05) is 37.6 Å². The van der Waals surface area contributed by atoms with Crippen LogP contribution in [0, 0.1) is 5.92 Å². The van der Waals surface area contributed by atoms with Gasteiger partial charge in [-0.05, 0) is 24.5 Å². The van der Waals surface area contributed by atoms with Crippen molar-refractivity contribution in [2.45, 2.75) is 26.7 Å². The summed E-state index contributed by atoms with van der Waals surface area (Å²) in [4.78, 5) is 12.8. The van der Waals surface area contributed by atoms with E-state index in [-0.39, 0.29) is 6.42 Å². The minimum absolute atomic E-state index is 0.128. The van der Waals surface area contributed by atoms with Gasteiger partial charge < -0.3 is 10.0 Å². The average Bonchev–Trinajstić information content (AvgIpc) is 2.30. The second kappa shape index (κ2) is 7.27. The fraction of sp³-hybridized carbons (Fsp3) is 0.500. The molecular formula is C14H20ClNO2. The molecule has 0 saturated carbocycles. The lowest BCUT2D eigenvalue weighted by Gasteiger charge is -2.26. The number of carboxylic acid groups (broad SMARTS) is 1. The van der Waals surface area contributed by atoms with Gasteiger partial charge >= 0.3 is 5.97 Å². The Hall–Kier alpha value is -1.22. The molecule has 1 aromatic rings. The number of aliphatic carboxylic acids is 1. The molecule has 0 amide bonds. The number of rotatable bonds is 7. The summed E-state index contributed by atoms with van der Waals surface area (Å²) in [5.74, 6) is -0.198. The van der Waals surface area contributed by atoms with Gasteiger partial charge in [0, 0.05) is 13.1 Å². The topological polar surface area (TPSA) is 40.5 Å². The van der Waals surface area contributed by atoms with Crippen LogP contribution < -0.4 is 4.90 Å². The van der Waals surface area contributed by atoms with E-state index >= 15 is 0 Å². The second-order valence-electron chi connectivity index (χ2n) is 4.76. The van der Waals surface area contributed by atoms with Crippen molar-refractivity contribution in [1.29, 1.82) is 0 Å². The lowest BCUT2D eigenvalue weighted by atomic mass is 10.1. The lowest BCUT2D eigenvalue weighted by molar-refractivity contribution is -0.136. The highest BCUT2D eigenvalue weighted by atomic mass is 35.5. The highest BCUT2D eigenvalue weighted by Crippen LogP contribution is 2.25. The summed E-state index contributed by atoms with van der Waals surface area (Å²) in [6, 6.07) is 7.57. The Labute approximate surface area is 113 Å². The molecule has 1 rings (SSSR count). The predicted molar refractivity (Wildman–Crippen MR) is 75.4 cm³/mol. The fourth-order valence-corrected chi connectivity index (χ4v) is 1.96. The Morgan fingerprint density at radius 1 is 1.33 bits per heavy atom. The van der Waals surface area contributed by atoms with Gasteiger partial charge in [0.15, 0.2) is 0 Å². The number of hydrogen-bond acceptors (Lipinski definition) is 2. The maximum absolute atomic E-state index is 10.7. The zero-order chi connectivity index (χ0) is 13.5. The Kier molecular flexibility index (Phi) is 5.99. The second-order valence-corrected chi connectivity index (χ2v) is 5.17. The SMILES string of the molecule is CC(C)CCN(CCC(=O)O)c1ccccc1Cl. The zero-order valence-electron chi connectivity index (χ0n) is 10.9. The van der Waals surface area contributed by atoms with E-state index < -0.39 is 5.97 Å². The zero-order valence-corrected chi connectivity index (χ0v) is 11.7. The highest BCUT2D eigenvalue weighted by molar-refractivity contribution is 6.33. The van der Waals surface area contributed by atoms with Crippen LogP contribution in [-0.4, -0.2) is 24.2 Å². The predicted octanol–water partition coefficient (Wildman–Crippen LogP) is 3.67. The van der Waals surface area contributed by atoms with Crippen LogP contribution >= 0.6 is 11.6 Å². The molecule has 0 aromatic heterocycles. The highest BCUT2D eigenvalue weighted by Gasteiger charge is 2.12. The van der Waals surface area contributed by atoms with E-state index in [0.29, 0.717) is 17.5 Å². The summed E-state index contributed by atoms with van der Waals surface area (Å²) < 4.78 is 0. The molecule has 0 saturated heterocycles. The number of halogens is 1. The first kappa shape index (κ1) is 14.8. The maximum atomic E-state index is 10.7. The summed E-state index contributed by atoms with van der Waals surface area (Å²) in [7, 11) is 0. The minimum Gasteiger partial charge on any atom is -0.481 e. The molecule has 0 aliphatic rings. The molecule has 100 valence electrons. The number of carbonyl (C=O) groups is 1. The van der Waals surface area contributed by atoms with Crippen molar-refractivity contribution in [3.63, 3.8) is 0 Å². The van der Waals surface area contributed by atoms with E-state index in [9.17, 15) is 4.79 Å². The Balaban J connectivity index is 2.75. The molecule has 0 fully saturated rings. The number of carboxylic acids is 1. The van der Waals surface area contributed by atoms with Crippen LogP contribution in [0.3, 0.4) is 0 Å². The normalized spacial score (nSPS) is 10.7. The first-order valence-electron chi connectivity index (χ1n) is 6.22. The molecule has 0 unspecified atom stereocenters. The number of para-hydroxylation sites is 1. The summed E-state index contributed by atoms with van der Waals surface area (Å²) in [5.41, 5.74) is 0.918. The summed E-state index contributed by atoms with van der Waals surface area (Å²) in [6.45, 7) is 5.63. The summed E-state index contributed by atoms with van der Waals surface area (Å²) >= 11 is 6.16. The van der Waals surface area contributed by atoms with Crippen molar-refractivity contribution >= 4 is 23.3 Å². The summed E-state index contributed by atoms with van der Waals surface area (Å²) in [6.07, 6.45) is 1.15. The molecule has 1 N–H and O–H groups in total. The van der Waals surface area contributed by atoms with Gasteiger partial charge in [0.1, 0.15) is 0 Å². The first-order chi connectivity index (χ1) is 8.50. The van der Waals surface area contributed by atoms with Crippen LogP contribution in [0.4, 0.5) is 5.69 Å². The number of benzene rings is 1. The van der Waals surface area contributed by atoms with E-state index in [1.807, 2.05) is 24.3 Å². The van der Waals surface area contributed by atoms with Gasteiger partial charge in [-0.15, -0.1) is 0 Å². The van der Waals surface area contributed by atoms with Crippen LogP contribution in [0.25, 0.3) is 0 Å². The third-order valence-corrected chi connectivity index (χ3v) is 3.08. The van der Waals surface area contributed by atoms with Crippen molar-refractivity contribution in [3.8, 4) is 0 Å².